The lowest BCUT2D eigenvalue weighted by Gasteiger charge is -2.40. The van der Waals surface area contributed by atoms with Crippen molar-refractivity contribution in [1.29, 1.82) is 0 Å². The summed E-state index contributed by atoms with van der Waals surface area (Å²) in [5.41, 5.74) is 0. The Labute approximate surface area is 126 Å². The molecule has 2 saturated heterocycles. The number of hydrogen-bond acceptors (Lipinski definition) is 2. The Bertz CT molecular complexity index is 263. The number of rotatable bonds is 8. The third-order valence-electron chi connectivity index (χ3n) is 5.66. The highest BCUT2D eigenvalue weighted by Gasteiger charge is 2.40. The zero-order valence-corrected chi connectivity index (χ0v) is 14.2. The van der Waals surface area contributed by atoms with Gasteiger partial charge in [0.1, 0.15) is 0 Å². The Morgan fingerprint density at radius 1 is 1.10 bits per heavy atom. The van der Waals surface area contributed by atoms with Gasteiger partial charge in [-0.15, -0.1) is 0 Å². The predicted molar refractivity (Wildman–Crippen MR) is 88.1 cm³/mol. The van der Waals surface area contributed by atoms with Gasteiger partial charge in [-0.2, -0.15) is 0 Å². The summed E-state index contributed by atoms with van der Waals surface area (Å²) in [6.07, 6.45) is 11.2. The molecular weight excluding hydrogens is 244 g/mol. The van der Waals surface area contributed by atoms with Gasteiger partial charge >= 0.3 is 0 Å². The van der Waals surface area contributed by atoms with Gasteiger partial charge in [0, 0.05) is 18.1 Å². The summed E-state index contributed by atoms with van der Waals surface area (Å²) >= 11 is 0. The van der Waals surface area contributed by atoms with Crippen molar-refractivity contribution in [3.05, 3.63) is 0 Å². The highest BCUT2D eigenvalue weighted by atomic mass is 15.2. The predicted octanol–water partition coefficient (Wildman–Crippen LogP) is 4.05. The van der Waals surface area contributed by atoms with E-state index in [4.69, 9.17) is 0 Å². The number of nitrogens with one attached hydrogen (secondary N) is 1. The summed E-state index contributed by atoms with van der Waals surface area (Å²) in [6, 6.07) is 2.55. The van der Waals surface area contributed by atoms with Gasteiger partial charge in [0.2, 0.25) is 0 Å². The van der Waals surface area contributed by atoms with E-state index < -0.39 is 0 Å². The molecule has 0 aliphatic carbocycles. The number of fused-ring (bicyclic) bond motifs is 2. The molecular formula is C18H36N2. The van der Waals surface area contributed by atoms with Crippen molar-refractivity contribution in [3.63, 3.8) is 0 Å². The van der Waals surface area contributed by atoms with Gasteiger partial charge in [-0.1, -0.05) is 33.6 Å². The van der Waals surface area contributed by atoms with Crippen molar-refractivity contribution in [3.8, 4) is 0 Å². The van der Waals surface area contributed by atoms with Crippen LogP contribution < -0.4 is 5.32 Å². The Morgan fingerprint density at radius 2 is 1.75 bits per heavy atom. The molecule has 3 unspecified atom stereocenters. The highest BCUT2D eigenvalue weighted by molar-refractivity contribution is 4.96. The quantitative estimate of drug-likeness (QED) is 0.721. The molecule has 3 atom stereocenters. The van der Waals surface area contributed by atoms with E-state index in [1.165, 1.54) is 57.9 Å². The van der Waals surface area contributed by atoms with Crippen LogP contribution in [0.2, 0.25) is 0 Å². The molecule has 0 spiro atoms. The zero-order chi connectivity index (χ0) is 14.5. The van der Waals surface area contributed by atoms with Gasteiger partial charge in [0.25, 0.3) is 0 Å². The van der Waals surface area contributed by atoms with Gasteiger partial charge in [-0.25, -0.2) is 0 Å². The summed E-state index contributed by atoms with van der Waals surface area (Å²) in [5.74, 6) is 1.79. The third kappa shape index (κ3) is 4.21. The van der Waals surface area contributed by atoms with E-state index in [-0.39, 0.29) is 0 Å². The van der Waals surface area contributed by atoms with Crippen molar-refractivity contribution in [2.24, 2.45) is 11.8 Å². The molecule has 2 nitrogen and oxygen atoms in total. The largest absolute Gasteiger partial charge is 0.314 e. The SMILES string of the molecule is CCCNC(CCCC(C)C)C1CC2CCC(C1)N2C. The maximum Gasteiger partial charge on any atom is 0.00989 e. The molecule has 118 valence electrons. The molecule has 2 rings (SSSR count). The summed E-state index contributed by atoms with van der Waals surface area (Å²) in [4.78, 5) is 2.67. The first-order valence-electron chi connectivity index (χ1n) is 9.07. The minimum absolute atomic E-state index is 0.783. The second-order valence-electron chi connectivity index (χ2n) is 7.67. The van der Waals surface area contributed by atoms with E-state index >= 15 is 0 Å². The third-order valence-corrected chi connectivity index (χ3v) is 5.66. The fourth-order valence-electron chi connectivity index (χ4n) is 4.36. The van der Waals surface area contributed by atoms with Crippen LogP contribution in [0.5, 0.6) is 0 Å². The lowest BCUT2D eigenvalue weighted by Crippen LogP contribution is -2.47. The Morgan fingerprint density at radius 3 is 2.30 bits per heavy atom. The van der Waals surface area contributed by atoms with Crippen molar-refractivity contribution < 1.29 is 0 Å². The lowest BCUT2D eigenvalue weighted by molar-refractivity contribution is 0.109. The van der Waals surface area contributed by atoms with E-state index in [0.717, 1.165) is 30.0 Å². The van der Waals surface area contributed by atoms with E-state index in [1.807, 2.05) is 0 Å². The highest BCUT2D eigenvalue weighted by Crippen LogP contribution is 2.39. The first-order valence-corrected chi connectivity index (χ1v) is 9.07. The van der Waals surface area contributed by atoms with Gasteiger partial charge in [-0.3, -0.25) is 0 Å². The van der Waals surface area contributed by atoms with Gasteiger partial charge in [0.05, 0.1) is 0 Å². The summed E-state index contributed by atoms with van der Waals surface area (Å²) in [6.45, 7) is 8.19. The van der Waals surface area contributed by atoms with Crippen LogP contribution in [-0.4, -0.2) is 36.6 Å². The molecule has 2 heteroatoms. The fraction of sp³-hybridized carbons (Fsp3) is 1.00. The van der Waals surface area contributed by atoms with E-state index in [2.05, 4.69) is 38.0 Å². The lowest BCUT2D eigenvalue weighted by atomic mass is 9.82. The van der Waals surface area contributed by atoms with Crippen LogP contribution in [-0.2, 0) is 0 Å². The van der Waals surface area contributed by atoms with E-state index in [9.17, 15) is 0 Å². The fourth-order valence-corrected chi connectivity index (χ4v) is 4.36. The topological polar surface area (TPSA) is 15.3 Å². The van der Waals surface area contributed by atoms with Crippen molar-refractivity contribution in [2.45, 2.75) is 90.3 Å². The molecule has 0 saturated carbocycles. The van der Waals surface area contributed by atoms with Crippen molar-refractivity contribution in [1.82, 2.24) is 10.2 Å². The van der Waals surface area contributed by atoms with Crippen LogP contribution in [0.4, 0.5) is 0 Å². The summed E-state index contributed by atoms with van der Waals surface area (Å²) in [7, 11) is 2.35. The standard InChI is InChI=1S/C18H36N2/c1-5-11-19-18(8-6-7-14(2)3)15-12-16-9-10-17(13-15)20(16)4/h14-19H,5-13H2,1-4H3. The average molecular weight is 280 g/mol. The molecule has 2 aliphatic heterocycles. The zero-order valence-electron chi connectivity index (χ0n) is 14.2. The monoisotopic (exact) mass is 280 g/mol. The minimum atomic E-state index is 0.783. The van der Waals surface area contributed by atoms with Gasteiger partial charge < -0.3 is 10.2 Å². The second-order valence-corrected chi connectivity index (χ2v) is 7.67. The van der Waals surface area contributed by atoms with Gasteiger partial charge in [0.15, 0.2) is 0 Å². The van der Waals surface area contributed by atoms with Crippen molar-refractivity contribution in [2.75, 3.05) is 13.6 Å². The molecule has 0 aromatic rings. The first kappa shape index (κ1) is 16.3. The molecule has 20 heavy (non-hydrogen) atoms. The maximum absolute atomic E-state index is 3.88. The molecule has 2 heterocycles. The van der Waals surface area contributed by atoms with Crippen LogP contribution in [0.15, 0.2) is 0 Å². The first-order chi connectivity index (χ1) is 9.61. The van der Waals surface area contributed by atoms with Crippen LogP contribution >= 0.6 is 0 Å². The summed E-state index contributed by atoms with van der Waals surface area (Å²) in [5, 5.41) is 3.88. The second kappa shape index (κ2) is 7.79. The molecule has 0 radical (unpaired) electrons. The summed E-state index contributed by atoms with van der Waals surface area (Å²) < 4.78 is 0. The Hall–Kier alpha value is -0.0800. The van der Waals surface area contributed by atoms with Crippen LogP contribution in [0.25, 0.3) is 0 Å². The average Bonchev–Trinajstić information content (AvgIpc) is 2.65. The molecule has 0 amide bonds. The van der Waals surface area contributed by atoms with Gasteiger partial charge in [-0.05, 0) is 64.0 Å². The molecule has 2 bridgehead atoms. The van der Waals surface area contributed by atoms with Crippen LogP contribution in [0.1, 0.15) is 72.1 Å². The number of hydrogen-bond donors (Lipinski definition) is 1. The molecule has 2 aliphatic rings. The van der Waals surface area contributed by atoms with Crippen molar-refractivity contribution >= 4 is 0 Å². The Balaban J connectivity index is 1.86. The Kier molecular flexibility index (Phi) is 6.35. The molecule has 0 aromatic heterocycles. The maximum atomic E-state index is 3.88. The minimum Gasteiger partial charge on any atom is -0.314 e. The van der Waals surface area contributed by atoms with Crippen LogP contribution in [0.3, 0.4) is 0 Å². The van der Waals surface area contributed by atoms with E-state index in [1.54, 1.807) is 0 Å². The van der Waals surface area contributed by atoms with E-state index in [0.29, 0.717) is 0 Å². The number of piperidine rings is 1. The molecule has 0 aromatic carbocycles. The van der Waals surface area contributed by atoms with Crippen LogP contribution in [0, 0.1) is 11.8 Å². The molecule has 1 N–H and O–H groups in total. The molecule has 2 fully saturated rings. The smallest absolute Gasteiger partial charge is 0.00989 e. The number of nitrogens with zero attached hydrogens (tertiary/aromatic N) is 1. The normalized spacial score (nSPS) is 31.9.